The summed E-state index contributed by atoms with van der Waals surface area (Å²) in [5.41, 5.74) is 5.48. The lowest BCUT2D eigenvalue weighted by molar-refractivity contribution is 0.0513. The Kier molecular flexibility index (Phi) is 6.32. The fourth-order valence-electron chi connectivity index (χ4n) is 5.91. The molecule has 1 atom stereocenters. The summed E-state index contributed by atoms with van der Waals surface area (Å²) in [5, 5.41) is 5.54. The number of hydrogen-bond donors (Lipinski definition) is 0. The minimum Gasteiger partial charge on any atom is -0.442 e. The molecule has 1 amide bonds. The van der Waals surface area contributed by atoms with Crippen LogP contribution < -0.4 is 0 Å². The second kappa shape index (κ2) is 9.70. The van der Waals surface area contributed by atoms with Crippen LogP contribution >= 0.6 is 0 Å². The van der Waals surface area contributed by atoms with Crippen molar-refractivity contribution in [2.24, 2.45) is 0 Å². The van der Waals surface area contributed by atoms with Crippen molar-refractivity contribution in [2.45, 2.75) is 84.0 Å². The average molecular weight is 525 g/mol. The number of carbonyl (C=O) groups excluding carboxylic acids is 2. The maximum Gasteiger partial charge on any atom is 0.435 e. The first kappa shape index (κ1) is 25.4. The number of benzene rings is 2. The summed E-state index contributed by atoms with van der Waals surface area (Å²) < 4.78 is 9.11. The first-order valence-corrected chi connectivity index (χ1v) is 13.9. The van der Waals surface area contributed by atoms with Gasteiger partial charge in [-0.15, -0.1) is 0 Å². The molecular weight excluding hydrogens is 488 g/mol. The summed E-state index contributed by atoms with van der Waals surface area (Å²) in [5.74, 6) is 0.117. The van der Waals surface area contributed by atoms with Crippen LogP contribution in [0.2, 0.25) is 0 Å². The average Bonchev–Trinajstić information content (AvgIpc) is 3.57. The Labute approximate surface area is 229 Å². The number of carbonyl (C=O) groups is 2. The number of para-hydroxylation sites is 1. The fraction of sp³-hybridized carbons (Fsp3) is 0.406. The molecule has 0 aliphatic heterocycles. The van der Waals surface area contributed by atoms with Crippen LogP contribution in [0, 0.1) is 6.92 Å². The Morgan fingerprint density at radius 2 is 1.72 bits per heavy atom. The quantitative estimate of drug-likeness (QED) is 0.314. The summed E-state index contributed by atoms with van der Waals surface area (Å²) in [4.78, 5) is 29.2. The smallest absolute Gasteiger partial charge is 0.435 e. The fourth-order valence-corrected chi connectivity index (χ4v) is 5.91. The molecule has 2 aromatic heterocycles. The van der Waals surface area contributed by atoms with Gasteiger partial charge in [0.25, 0.3) is 5.91 Å². The van der Waals surface area contributed by atoms with Gasteiger partial charge in [-0.25, -0.2) is 4.79 Å². The van der Waals surface area contributed by atoms with E-state index in [9.17, 15) is 9.59 Å². The predicted molar refractivity (Wildman–Crippen MR) is 151 cm³/mol. The number of hydrogen-bond acceptors (Lipinski definition) is 4. The summed E-state index contributed by atoms with van der Waals surface area (Å²) in [6.45, 7) is 8.35. The van der Waals surface area contributed by atoms with Crippen molar-refractivity contribution >= 4 is 22.9 Å². The van der Waals surface area contributed by atoms with Crippen LogP contribution in [0.5, 0.6) is 0 Å². The van der Waals surface area contributed by atoms with E-state index in [2.05, 4.69) is 57.9 Å². The molecule has 6 rings (SSSR count). The van der Waals surface area contributed by atoms with Gasteiger partial charge in [0.2, 0.25) is 0 Å². The van der Waals surface area contributed by atoms with Gasteiger partial charge in [0.05, 0.1) is 11.3 Å². The number of fused-ring (bicyclic) bond motifs is 2. The second-order valence-electron chi connectivity index (χ2n) is 11.9. The zero-order valence-corrected chi connectivity index (χ0v) is 23.2. The van der Waals surface area contributed by atoms with Crippen molar-refractivity contribution in [1.29, 1.82) is 0 Å². The van der Waals surface area contributed by atoms with Gasteiger partial charge < -0.3 is 14.2 Å². The molecule has 0 N–H and O–H groups in total. The maximum absolute atomic E-state index is 14.4. The van der Waals surface area contributed by atoms with Crippen LogP contribution in [0.3, 0.4) is 0 Å². The Morgan fingerprint density at radius 1 is 1.00 bits per heavy atom. The molecule has 0 saturated heterocycles. The van der Waals surface area contributed by atoms with Gasteiger partial charge in [-0.2, -0.15) is 9.78 Å². The van der Waals surface area contributed by atoms with Crippen LogP contribution in [0.4, 0.5) is 4.79 Å². The van der Waals surface area contributed by atoms with E-state index in [-0.39, 0.29) is 18.0 Å². The van der Waals surface area contributed by atoms with E-state index in [1.165, 1.54) is 10.2 Å². The summed E-state index contributed by atoms with van der Waals surface area (Å²) in [6.07, 6.45) is 5.67. The van der Waals surface area contributed by atoms with Gasteiger partial charge in [-0.05, 0) is 77.0 Å². The molecule has 2 aromatic carbocycles. The Balaban J connectivity index is 1.31. The normalized spacial score (nSPS) is 17.2. The first-order valence-electron chi connectivity index (χ1n) is 13.9. The monoisotopic (exact) mass is 524 g/mol. The summed E-state index contributed by atoms with van der Waals surface area (Å²) in [7, 11) is 0. The topological polar surface area (TPSA) is 69.4 Å². The van der Waals surface area contributed by atoms with Gasteiger partial charge in [0, 0.05) is 41.4 Å². The first-order chi connectivity index (χ1) is 18.7. The number of ether oxygens (including phenoxy) is 1. The molecule has 0 spiro atoms. The van der Waals surface area contributed by atoms with E-state index in [1.807, 2.05) is 39.0 Å². The molecule has 7 heteroatoms. The number of aryl methyl sites for hydroxylation is 1. The molecule has 202 valence electrons. The highest BCUT2D eigenvalue weighted by atomic mass is 16.6. The van der Waals surface area contributed by atoms with E-state index in [0.717, 1.165) is 65.6 Å². The highest BCUT2D eigenvalue weighted by Crippen LogP contribution is 2.37. The van der Waals surface area contributed by atoms with Crippen LogP contribution in [-0.4, -0.2) is 48.9 Å². The van der Waals surface area contributed by atoms with Gasteiger partial charge in [0.15, 0.2) is 0 Å². The van der Waals surface area contributed by atoms with Crippen LogP contribution in [0.25, 0.3) is 10.9 Å². The Morgan fingerprint density at radius 3 is 2.44 bits per heavy atom. The maximum atomic E-state index is 14.4. The van der Waals surface area contributed by atoms with Gasteiger partial charge >= 0.3 is 6.09 Å². The van der Waals surface area contributed by atoms with Crippen LogP contribution in [0.1, 0.15) is 72.9 Å². The molecule has 4 aromatic rings. The number of amides is 1. The third kappa shape index (κ3) is 4.98. The van der Waals surface area contributed by atoms with Crippen molar-refractivity contribution in [3.05, 3.63) is 88.9 Å². The molecule has 2 aliphatic rings. The minimum atomic E-state index is -0.585. The zero-order valence-electron chi connectivity index (χ0n) is 23.2. The molecule has 39 heavy (non-hydrogen) atoms. The SMILES string of the molecule is Cc1c(C(=O)N(C2CC2)C2CCc3nn(C(=O)OC(C)(C)C)cc3C2)c2ccccc2n1Cc1ccccc1. The zero-order chi connectivity index (χ0) is 27.3. The van der Waals surface area contributed by atoms with Crippen molar-refractivity contribution in [2.75, 3.05) is 0 Å². The van der Waals surface area contributed by atoms with Crippen LogP contribution in [0.15, 0.2) is 60.8 Å². The molecule has 1 fully saturated rings. The predicted octanol–water partition coefficient (Wildman–Crippen LogP) is 6.14. The van der Waals surface area contributed by atoms with Crippen molar-refractivity contribution < 1.29 is 14.3 Å². The summed E-state index contributed by atoms with van der Waals surface area (Å²) in [6, 6.07) is 19.0. The molecule has 2 aliphatic carbocycles. The van der Waals surface area contributed by atoms with Crippen molar-refractivity contribution in [3.8, 4) is 0 Å². The third-order valence-corrected chi connectivity index (χ3v) is 7.82. The molecule has 2 heterocycles. The number of rotatable bonds is 5. The van der Waals surface area contributed by atoms with E-state index in [1.54, 1.807) is 6.20 Å². The Bertz CT molecular complexity index is 1540. The number of nitrogens with zero attached hydrogens (tertiary/aromatic N) is 4. The standard InChI is InChI=1S/C32H36N4O3/c1-21-29(26-12-8-9-13-28(26)34(21)19-22-10-6-5-7-11-22)30(37)36(24-14-15-24)25-16-17-27-23(18-25)20-35(33-27)31(38)39-32(2,3)4/h5-13,20,24-25H,14-19H2,1-4H3. The molecule has 0 radical (unpaired) electrons. The molecule has 0 bridgehead atoms. The van der Waals surface area contributed by atoms with Crippen molar-refractivity contribution in [1.82, 2.24) is 19.2 Å². The third-order valence-electron chi connectivity index (χ3n) is 7.82. The van der Waals surface area contributed by atoms with Gasteiger partial charge in [-0.1, -0.05) is 48.5 Å². The lowest BCUT2D eigenvalue weighted by Crippen LogP contribution is -2.45. The second-order valence-corrected chi connectivity index (χ2v) is 11.9. The highest BCUT2D eigenvalue weighted by Gasteiger charge is 2.41. The van der Waals surface area contributed by atoms with E-state index in [0.29, 0.717) is 6.42 Å². The Hall–Kier alpha value is -3.87. The molecule has 1 saturated carbocycles. The van der Waals surface area contributed by atoms with Gasteiger partial charge in [0.1, 0.15) is 5.60 Å². The lowest BCUT2D eigenvalue weighted by Gasteiger charge is -2.34. The van der Waals surface area contributed by atoms with Gasteiger partial charge in [-0.3, -0.25) is 4.79 Å². The van der Waals surface area contributed by atoms with E-state index < -0.39 is 11.7 Å². The van der Waals surface area contributed by atoms with Crippen LogP contribution in [-0.2, 0) is 24.1 Å². The largest absolute Gasteiger partial charge is 0.442 e. The van der Waals surface area contributed by atoms with E-state index >= 15 is 0 Å². The van der Waals surface area contributed by atoms with E-state index in [4.69, 9.17) is 4.74 Å². The molecule has 1 unspecified atom stereocenters. The molecular formula is C32H36N4O3. The number of aromatic nitrogens is 3. The summed E-state index contributed by atoms with van der Waals surface area (Å²) >= 11 is 0. The highest BCUT2D eigenvalue weighted by molar-refractivity contribution is 6.08. The lowest BCUT2D eigenvalue weighted by atomic mass is 9.91. The van der Waals surface area contributed by atoms with Crippen molar-refractivity contribution in [3.63, 3.8) is 0 Å². The minimum absolute atomic E-state index is 0.0735. The molecule has 7 nitrogen and oxygen atoms in total.